The topological polar surface area (TPSA) is 66.9 Å². The van der Waals surface area contributed by atoms with Gasteiger partial charge in [-0.1, -0.05) is 42.5 Å². The minimum atomic E-state index is -0.293. The van der Waals surface area contributed by atoms with Crippen LogP contribution in [0.4, 0.5) is 4.79 Å². The van der Waals surface area contributed by atoms with Crippen LogP contribution in [0, 0.1) is 0 Å². The minimum absolute atomic E-state index is 0.231. The third-order valence-electron chi connectivity index (χ3n) is 4.70. The quantitative estimate of drug-likeness (QED) is 0.542. The molecular formula is C22H16N4OS. The van der Waals surface area contributed by atoms with Crippen LogP contribution in [0.3, 0.4) is 0 Å². The lowest BCUT2D eigenvalue weighted by Gasteiger charge is -2.29. The van der Waals surface area contributed by atoms with Crippen molar-refractivity contribution >= 4 is 38.9 Å². The molecule has 6 heteroatoms. The zero-order chi connectivity index (χ0) is 18.9. The van der Waals surface area contributed by atoms with Crippen LogP contribution in [0.1, 0.15) is 22.2 Å². The molecule has 1 aliphatic heterocycles. The van der Waals surface area contributed by atoms with Gasteiger partial charge in [0, 0.05) is 23.5 Å². The van der Waals surface area contributed by atoms with Crippen molar-refractivity contribution in [2.45, 2.75) is 6.04 Å². The number of fused-ring (bicyclic) bond motifs is 1. The lowest BCUT2D eigenvalue weighted by molar-refractivity contribution is 0.242. The number of thiazole rings is 1. The molecule has 5 nitrogen and oxygen atoms in total. The molecule has 3 heterocycles. The van der Waals surface area contributed by atoms with E-state index in [1.165, 1.54) is 0 Å². The predicted octanol–water partition coefficient (Wildman–Crippen LogP) is 4.61. The molecule has 0 fully saturated rings. The van der Waals surface area contributed by atoms with E-state index in [4.69, 9.17) is 4.98 Å². The van der Waals surface area contributed by atoms with E-state index in [0.717, 1.165) is 37.6 Å². The highest BCUT2D eigenvalue weighted by Crippen LogP contribution is 2.40. The summed E-state index contributed by atoms with van der Waals surface area (Å²) in [6.45, 7) is 0. The van der Waals surface area contributed by atoms with E-state index < -0.39 is 0 Å². The average Bonchev–Trinajstić information content (AvgIpc) is 3.18. The Morgan fingerprint density at radius 2 is 1.64 bits per heavy atom. The van der Waals surface area contributed by atoms with Gasteiger partial charge in [-0.2, -0.15) is 0 Å². The van der Waals surface area contributed by atoms with Crippen molar-refractivity contribution in [1.82, 2.24) is 20.6 Å². The van der Waals surface area contributed by atoms with Crippen LogP contribution in [-0.2, 0) is 0 Å². The number of nitrogens with zero attached hydrogens (tertiary/aromatic N) is 2. The first-order valence-corrected chi connectivity index (χ1v) is 9.74. The van der Waals surface area contributed by atoms with Gasteiger partial charge in [0.1, 0.15) is 5.01 Å². The summed E-state index contributed by atoms with van der Waals surface area (Å²) >= 11 is 1.63. The number of hydrogen-bond acceptors (Lipinski definition) is 4. The molecule has 2 aromatic carbocycles. The van der Waals surface area contributed by atoms with E-state index in [1.54, 1.807) is 23.7 Å². The van der Waals surface area contributed by atoms with Crippen LogP contribution in [0.25, 0.3) is 21.5 Å². The second kappa shape index (κ2) is 6.90. The molecule has 0 radical (unpaired) electrons. The molecular weight excluding hydrogens is 368 g/mol. The van der Waals surface area contributed by atoms with Gasteiger partial charge in [0.2, 0.25) is 0 Å². The Bertz CT molecular complexity index is 1150. The minimum Gasteiger partial charge on any atom is -0.327 e. The van der Waals surface area contributed by atoms with E-state index in [0.29, 0.717) is 0 Å². The zero-order valence-corrected chi connectivity index (χ0v) is 15.6. The summed E-state index contributed by atoms with van der Waals surface area (Å²) in [5.74, 6) is 0. The smallest absolute Gasteiger partial charge is 0.320 e. The number of pyridine rings is 1. The fourth-order valence-corrected chi connectivity index (χ4v) is 4.47. The molecule has 0 saturated carbocycles. The van der Waals surface area contributed by atoms with E-state index in [1.807, 2.05) is 60.7 Å². The lowest BCUT2D eigenvalue weighted by atomic mass is 9.93. The van der Waals surface area contributed by atoms with Crippen LogP contribution in [0.5, 0.6) is 0 Å². The summed E-state index contributed by atoms with van der Waals surface area (Å²) in [4.78, 5) is 21.5. The molecule has 0 saturated heterocycles. The Hall–Kier alpha value is -3.51. The molecule has 28 heavy (non-hydrogen) atoms. The highest BCUT2D eigenvalue weighted by atomic mass is 32.1. The number of urea groups is 1. The Balaban J connectivity index is 1.78. The van der Waals surface area contributed by atoms with Crippen molar-refractivity contribution in [3.05, 3.63) is 95.3 Å². The molecule has 0 bridgehead atoms. The number of benzene rings is 2. The summed E-state index contributed by atoms with van der Waals surface area (Å²) in [7, 11) is 0. The molecule has 1 aliphatic rings. The third-order valence-corrected chi connectivity index (χ3v) is 5.77. The second-order valence-corrected chi connectivity index (χ2v) is 7.48. The largest absolute Gasteiger partial charge is 0.327 e. The number of hydrogen-bond donors (Lipinski definition) is 2. The first kappa shape index (κ1) is 16.6. The van der Waals surface area contributed by atoms with Gasteiger partial charge in [-0.3, -0.25) is 4.98 Å². The molecule has 1 atom stereocenters. The number of aromatic nitrogens is 2. The number of nitrogens with one attached hydrogen (secondary N) is 2. The lowest BCUT2D eigenvalue weighted by Crippen LogP contribution is -2.42. The summed E-state index contributed by atoms with van der Waals surface area (Å²) in [5.41, 5.74) is 4.59. The van der Waals surface area contributed by atoms with Crippen molar-refractivity contribution in [2.24, 2.45) is 0 Å². The molecule has 2 amide bonds. The molecule has 2 N–H and O–H groups in total. The van der Waals surface area contributed by atoms with E-state index >= 15 is 0 Å². The molecule has 4 aromatic rings. The first-order valence-electron chi connectivity index (χ1n) is 8.92. The van der Waals surface area contributed by atoms with E-state index in [-0.39, 0.29) is 12.1 Å². The van der Waals surface area contributed by atoms with Gasteiger partial charge in [0.05, 0.1) is 22.0 Å². The third kappa shape index (κ3) is 2.93. The van der Waals surface area contributed by atoms with Crippen molar-refractivity contribution in [1.29, 1.82) is 0 Å². The number of amides is 2. The highest BCUT2D eigenvalue weighted by Gasteiger charge is 2.31. The molecule has 0 unspecified atom stereocenters. The van der Waals surface area contributed by atoms with Gasteiger partial charge < -0.3 is 10.6 Å². The molecule has 5 rings (SSSR count). The molecule has 136 valence electrons. The normalized spacial score (nSPS) is 16.7. The van der Waals surface area contributed by atoms with Crippen molar-refractivity contribution in [2.75, 3.05) is 0 Å². The monoisotopic (exact) mass is 384 g/mol. The van der Waals surface area contributed by atoms with Crippen LogP contribution in [0.2, 0.25) is 0 Å². The number of carbonyl (C=O) groups is 1. The van der Waals surface area contributed by atoms with Gasteiger partial charge in [-0.25, -0.2) is 9.78 Å². The van der Waals surface area contributed by atoms with Gasteiger partial charge in [0.25, 0.3) is 0 Å². The summed E-state index contributed by atoms with van der Waals surface area (Å²) in [6.07, 6.45) is 3.45. The Kier molecular flexibility index (Phi) is 4.10. The van der Waals surface area contributed by atoms with Gasteiger partial charge in [-0.15, -0.1) is 11.3 Å². The van der Waals surface area contributed by atoms with E-state index in [2.05, 4.69) is 21.7 Å². The second-order valence-electron chi connectivity index (χ2n) is 6.45. The van der Waals surface area contributed by atoms with Gasteiger partial charge in [-0.05, 0) is 29.8 Å². The number of para-hydroxylation sites is 1. The number of rotatable bonds is 3. The van der Waals surface area contributed by atoms with Crippen LogP contribution in [-0.4, -0.2) is 16.0 Å². The fourth-order valence-electron chi connectivity index (χ4n) is 3.42. The maximum Gasteiger partial charge on any atom is 0.320 e. The maximum absolute atomic E-state index is 12.5. The van der Waals surface area contributed by atoms with E-state index in [9.17, 15) is 4.79 Å². The Morgan fingerprint density at radius 3 is 2.43 bits per heavy atom. The van der Waals surface area contributed by atoms with Gasteiger partial charge >= 0.3 is 6.03 Å². The summed E-state index contributed by atoms with van der Waals surface area (Å²) < 4.78 is 1.11. The molecule has 2 aromatic heterocycles. The fraction of sp³-hybridized carbons (Fsp3) is 0.0455. The average molecular weight is 384 g/mol. The molecule has 0 spiro atoms. The van der Waals surface area contributed by atoms with Crippen LogP contribution >= 0.6 is 11.3 Å². The number of carbonyl (C=O) groups excluding carboxylic acids is 1. The highest BCUT2D eigenvalue weighted by molar-refractivity contribution is 7.19. The Morgan fingerprint density at radius 1 is 0.893 bits per heavy atom. The van der Waals surface area contributed by atoms with Gasteiger partial charge in [0.15, 0.2) is 0 Å². The zero-order valence-electron chi connectivity index (χ0n) is 14.8. The standard InChI is InChI=1S/C22H16N4OS/c27-22-25-19(14-6-2-1-3-7-14)18(20(26-22)15-10-12-23-13-11-15)21-24-16-8-4-5-9-17(16)28-21/h1-13,19H,(H2,25,26,27)/t19-/m1/s1. The maximum atomic E-state index is 12.5. The summed E-state index contributed by atoms with van der Waals surface area (Å²) in [6, 6.07) is 21.3. The van der Waals surface area contributed by atoms with Crippen molar-refractivity contribution in [3.8, 4) is 0 Å². The first-order chi connectivity index (χ1) is 13.8. The SMILES string of the molecule is O=C1NC(c2ccncc2)=C(c2nc3ccccc3s2)[C@@H](c2ccccc2)N1. The van der Waals surface area contributed by atoms with Crippen LogP contribution < -0.4 is 10.6 Å². The van der Waals surface area contributed by atoms with Crippen LogP contribution in [0.15, 0.2) is 79.1 Å². The molecule has 0 aliphatic carbocycles. The summed E-state index contributed by atoms with van der Waals surface area (Å²) in [5, 5.41) is 6.95. The van der Waals surface area contributed by atoms with Crippen molar-refractivity contribution in [3.63, 3.8) is 0 Å². The van der Waals surface area contributed by atoms with Crippen molar-refractivity contribution < 1.29 is 4.79 Å². The Labute approximate surface area is 165 Å². The predicted molar refractivity (Wildman–Crippen MR) is 112 cm³/mol.